The molecule has 0 aromatic heterocycles. The van der Waals surface area contributed by atoms with E-state index < -0.39 is 0 Å². The number of hydrogen-bond acceptors (Lipinski definition) is 2. The van der Waals surface area contributed by atoms with Crippen LogP contribution in [0.5, 0.6) is 0 Å². The van der Waals surface area contributed by atoms with Gasteiger partial charge < -0.3 is 4.74 Å². The topological polar surface area (TPSA) is 24.8 Å². The van der Waals surface area contributed by atoms with E-state index in [9.17, 15) is 0 Å². The second-order valence-electron chi connectivity index (χ2n) is 4.39. The molecule has 17 heavy (non-hydrogen) atoms. The van der Waals surface area contributed by atoms with Crippen molar-refractivity contribution in [2.24, 2.45) is 4.99 Å². The number of nitrogens with zero attached hydrogens (tertiary/aromatic N) is 2. The molecular weight excluding hydrogens is 212 g/mol. The van der Waals surface area contributed by atoms with Crippen molar-refractivity contribution in [3.63, 3.8) is 0 Å². The van der Waals surface area contributed by atoms with E-state index in [0.717, 1.165) is 37.6 Å². The lowest BCUT2D eigenvalue weighted by Crippen LogP contribution is -2.25. The minimum Gasteiger partial charge on any atom is -0.460 e. The Morgan fingerprint density at radius 1 is 1.35 bits per heavy atom. The van der Waals surface area contributed by atoms with Crippen molar-refractivity contribution >= 4 is 11.7 Å². The first-order chi connectivity index (χ1) is 8.31. The van der Waals surface area contributed by atoms with Gasteiger partial charge in [-0.3, -0.25) is 4.90 Å². The van der Waals surface area contributed by atoms with Gasteiger partial charge in [0.05, 0.1) is 6.54 Å². The average Bonchev–Trinajstić information content (AvgIpc) is 2.72. The summed E-state index contributed by atoms with van der Waals surface area (Å²) in [7, 11) is 0. The van der Waals surface area contributed by atoms with Gasteiger partial charge in [-0.1, -0.05) is 31.5 Å². The monoisotopic (exact) mass is 232 g/mol. The van der Waals surface area contributed by atoms with Gasteiger partial charge in [0.1, 0.15) is 6.10 Å². The van der Waals surface area contributed by atoms with E-state index in [1.54, 1.807) is 0 Å². The van der Waals surface area contributed by atoms with Gasteiger partial charge in [-0.25, -0.2) is 4.99 Å². The number of aliphatic imine (C=N–C) groups is 1. The Balaban J connectivity index is 2.11. The van der Waals surface area contributed by atoms with Crippen LogP contribution in [0.25, 0.3) is 0 Å². The van der Waals surface area contributed by atoms with E-state index in [-0.39, 0.29) is 6.10 Å². The number of unbranched alkanes of at least 4 members (excludes halogenated alkanes) is 1. The van der Waals surface area contributed by atoms with Crippen LogP contribution in [-0.2, 0) is 4.74 Å². The quantitative estimate of drug-likeness (QED) is 0.745. The van der Waals surface area contributed by atoms with Crippen molar-refractivity contribution in [3.8, 4) is 0 Å². The summed E-state index contributed by atoms with van der Waals surface area (Å²) in [6, 6.07) is 11.1. The van der Waals surface area contributed by atoms with Crippen LogP contribution in [0, 0.1) is 0 Å². The van der Waals surface area contributed by atoms with Crippen molar-refractivity contribution < 1.29 is 4.74 Å². The molecule has 0 radical (unpaired) electrons. The predicted octanol–water partition coefficient (Wildman–Crippen LogP) is 3.07. The summed E-state index contributed by atoms with van der Waals surface area (Å²) < 4.78 is 5.75. The second kappa shape index (κ2) is 5.71. The summed E-state index contributed by atoms with van der Waals surface area (Å²) in [6.07, 6.45) is 2.50. The number of ether oxygens (including phenoxy) is 1. The lowest BCUT2D eigenvalue weighted by Gasteiger charge is -2.15. The largest absolute Gasteiger partial charge is 0.460 e. The van der Waals surface area contributed by atoms with E-state index in [0.29, 0.717) is 0 Å². The molecule has 2 rings (SSSR count). The summed E-state index contributed by atoms with van der Waals surface area (Å²) in [5, 5.41) is 0. The third-order valence-electron chi connectivity index (χ3n) is 2.80. The summed E-state index contributed by atoms with van der Waals surface area (Å²) in [4.78, 5) is 6.69. The Labute approximate surface area is 103 Å². The normalized spacial score (nSPS) is 21.9. The molecule has 92 valence electrons. The molecule has 1 saturated heterocycles. The first-order valence-electron chi connectivity index (χ1n) is 6.35. The number of hydrogen-bond donors (Lipinski definition) is 0. The van der Waals surface area contributed by atoms with Crippen molar-refractivity contribution in [1.29, 1.82) is 0 Å². The molecule has 0 N–H and O–H groups in total. The molecule has 0 amide bonds. The smallest absolute Gasteiger partial charge is 0.292 e. The zero-order valence-corrected chi connectivity index (χ0v) is 10.6. The standard InChI is InChI=1S/C14H20N2O/c1-3-4-10-15-14-16(11-12(2)17-14)13-8-6-5-7-9-13/h5-9,12H,3-4,10-11H2,1-2H3. The molecule has 1 aromatic carbocycles. The molecule has 1 aliphatic rings. The van der Waals surface area contributed by atoms with Gasteiger partial charge in [0.2, 0.25) is 0 Å². The first kappa shape index (κ1) is 12.0. The number of rotatable bonds is 4. The third kappa shape index (κ3) is 2.99. The zero-order valence-electron chi connectivity index (χ0n) is 10.6. The molecular formula is C14H20N2O. The van der Waals surface area contributed by atoms with Crippen LogP contribution in [0.15, 0.2) is 35.3 Å². The fraction of sp³-hybridized carbons (Fsp3) is 0.500. The van der Waals surface area contributed by atoms with Crippen LogP contribution in [0.4, 0.5) is 5.69 Å². The maximum absolute atomic E-state index is 5.75. The van der Waals surface area contributed by atoms with E-state index >= 15 is 0 Å². The van der Waals surface area contributed by atoms with E-state index in [1.165, 1.54) is 0 Å². The van der Waals surface area contributed by atoms with Crippen LogP contribution in [0.1, 0.15) is 26.7 Å². The molecule has 1 aliphatic heterocycles. The molecule has 1 fully saturated rings. The highest BCUT2D eigenvalue weighted by Gasteiger charge is 2.27. The molecule has 1 unspecified atom stereocenters. The fourth-order valence-corrected chi connectivity index (χ4v) is 1.90. The van der Waals surface area contributed by atoms with Crippen LogP contribution in [0.3, 0.4) is 0 Å². The van der Waals surface area contributed by atoms with Gasteiger partial charge in [-0.2, -0.15) is 0 Å². The van der Waals surface area contributed by atoms with Gasteiger partial charge in [0.25, 0.3) is 6.02 Å². The van der Waals surface area contributed by atoms with Gasteiger partial charge in [-0.15, -0.1) is 0 Å². The van der Waals surface area contributed by atoms with Crippen LogP contribution in [-0.4, -0.2) is 25.2 Å². The Hall–Kier alpha value is -1.51. The highest BCUT2D eigenvalue weighted by atomic mass is 16.5. The summed E-state index contributed by atoms with van der Waals surface area (Å²) in [6.45, 7) is 5.99. The van der Waals surface area contributed by atoms with Gasteiger partial charge >= 0.3 is 0 Å². The molecule has 0 bridgehead atoms. The lowest BCUT2D eigenvalue weighted by molar-refractivity contribution is 0.251. The van der Waals surface area contributed by atoms with Crippen LogP contribution >= 0.6 is 0 Å². The Bertz CT molecular complexity index is 375. The Kier molecular flexibility index (Phi) is 4.02. The average molecular weight is 232 g/mol. The third-order valence-corrected chi connectivity index (χ3v) is 2.80. The molecule has 1 heterocycles. The van der Waals surface area contributed by atoms with Gasteiger partial charge in [0, 0.05) is 12.2 Å². The summed E-state index contributed by atoms with van der Waals surface area (Å²) in [5.41, 5.74) is 1.16. The van der Waals surface area contributed by atoms with Crippen LogP contribution in [0.2, 0.25) is 0 Å². The highest BCUT2D eigenvalue weighted by Crippen LogP contribution is 2.21. The van der Waals surface area contributed by atoms with E-state index in [2.05, 4.69) is 35.9 Å². The van der Waals surface area contributed by atoms with Crippen molar-refractivity contribution in [3.05, 3.63) is 30.3 Å². The minimum atomic E-state index is 0.218. The molecule has 0 saturated carbocycles. The first-order valence-corrected chi connectivity index (χ1v) is 6.35. The summed E-state index contributed by atoms with van der Waals surface area (Å²) in [5.74, 6) is 0. The predicted molar refractivity (Wildman–Crippen MR) is 71.5 cm³/mol. The van der Waals surface area contributed by atoms with Gasteiger partial charge in [-0.05, 0) is 25.5 Å². The van der Waals surface area contributed by atoms with Crippen molar-refractivity contribution in [2.45, 2.75) is 32.8 Å². The summed E-state index contributed by atoms with van der Waals surface area (Å²) >= 11 is 0. The SMILES string of the molecule is CCCCN=C1OC(C)CN1c1ccccc1. The number of anilines is 1. The molecule has 1 atom stereocenters. The maximum atomic E-state index is 5.75. The second-order valence-corrected chi connectivity index (χ2v) is 4.39. The Morgan fingerprint density at radius 2 is 2.12 bits per heavy atom. The van der Waals surface area contributed by atoms with Crippen molar-refractivity contribution in [1.82, 2.24) is 0 Å². The zero-order chi connectivity index (χ0) is 12.1. The van der Waals surface area contributed by atoms with Gasteiger partial charge in [0.15, 0.2) is 0 Å². The molecule has 3 heteroatoms. The van der Waals surface area contributed by atoms with E-state index in [1.807, 2.05) is 18.2 Å². The maximum Gasteiger partial charge on any atom is 0.292 e. The minimum absolute atomic E-state index is 0.218. The highest BCUT2D eigenvalue weighted by molar-refractivity contribution is 5.93. The number of benzene rings is 1. The van der Waals surface area contributed by atoms with E-state index in [4.69, 9.17) is 4.74 Å². The molecule has 0 aliphatic carbocycles. The molecule has 3 nitrogen and oxygen atoms in total. The molecule has 1 aromatic rings. The lowest BCUT2D eigenvalue weighted by atomic mass is 10.3. The van der Waals surface area contributed by atoms with Crippen molar-refractivity contribution in [2.75, 3.05) is 18.0 Å². The Morgan fingerprint density at radius 3 is 2.82 bits per heavy atom. The van der Waals surface area contributed by atoms with Crippen LogP contribution < -0.4 is 4.90 Å². The number of amidine groups is 1. The number of para-hydroxylation sites is 1. The fourth-order valence-electron chi connectivity index (χ4n) is 1.90. The molecule has 0 spiro atoms.